The van der Waals surface area contributed by atoms with Gasteiger partial charge in [0.1, 0.15) is 17.5 Å². The minimum Gasteiger partial charge on any atom is -0.490 e. The first-order chi connectivity index (χ1) is 11.1. The molecule has 2 heterocycles. The summed E-state index contributed by atoms with van der Waals surface area (Å²) < 4.78 is 11.8. The Hall–Kier alpha value is -1.55. The van der Waals surface area contributed by atoms with Crippen LogP contribution in [0, 0.1) is 6.92 Å². The Morgan fingerprint density at radius 3 is 2.52 bits per heavy atom. The molecule has 1 atom stereocenters. The SMILES string of the molecule is Cc1ccc(OC2CCN(C(=O)C3(C)CCCCO3)CC2)cc1. The van der Waals surface area contributed by atoms with Gasteiger partial charge in [-0.3, -0.25) is 4.79 Å². The van der Waals surface area contributed by atoms with Crippen LogP contribution in [0.2, 0.25) is 0 Å². The number of piperidine rings is 1. The maximum absolute atomic E-state index is 12.7. The van der Waals surface area contributed by atoms with E-state index < -0.39 is 5.60 Å². The first-order valence-electron chi connectivity index (χ1n) is 8.73. The molecule has 1 amide bonds. The fourth-order valence-electron chi connectivity index (χ4n) is 3.42. The zero-order valence-electron chi connectivity index (χ0n) is 14.2. The van der Waals surface area contributed by atoms with Gasteiger partial charge in [0.25, 0.3) is 5.91 Å². The van der Waals surface area contributed by atoms with Crippen molar-refractivity contribution in [2.24, 2.45) is 0 Å². The number of likely N-dealkylation sites (tertiary alicyclic amines) is 1. The number of hydrogen-bond acceptors (Lipinski definition) is 3. The highest BCUT2D eigenvalue weighted by atomic mass is 16.5. The van der Waals surface area contributed by atoms with Crippen LogP contribution >= 0.6 is 0 Å². The number of nitrogens with zero attached hydrogens (tertiary/aromatic N) is 1. The predicted octanol–water partition coefficient (Wildman–Crippen LogP) is 3.32. The van der Waals surface area contributed by atoms with Crippen molar-refractivity contribution in [1.82, 2.24) is 4.90 Å². The summed E-state index contributed by atoms with van der Waals surface area (Å²) in [5.41, 5.74) is 0.626. The zero-order valence-corrected chi connectivity index (χ0v) is 14.2. The van der Waals surface area contributed by atoms with E-state index in [0.29, 0.717) is 6.61 Å². The van der Waals surface area contributed by atoms with Gasteiger partial charge in [0.2, 0.25) is 0 Å². The summed E-state index contributed by atoms with van der Waals surface area (Å²) in [6, 6.07) is 8.16. The third-order valence-electron chi connectivity index (χ3n) is 4.97. The van der Waals surface area contributed by atoms with Crippen LogP contribution in [0.3, 0.4) is 0 Å². The number of carbonyl (C=O) groups is 1. The van der Waals surface area contributed by atoms with E-state index in [9.17, 15) is 4.79 Å². The van der Waals surface area contributed by atoms with Gasteiger partial charge in [0.15, 0.2) is 0 Å². The normalized spacial score (nSPS) is 26.1. The van der Waals surface area contributed by atoms with Crippen LogP contribution in [-0.2, 0) is 9.53 Å². The second kappa shape index (κ2) is 6.91. The molecule has 2 aliphatic heterocycles. The van der Waals surface area contributed by atoms with Crippen molar-refractivity contribution in [3.8, 4) is 5.75 Å². The van der Waals surface area contributed by atoms with Crippen molar-refractivity contribution in [3.05, 3.63) is 29.8 Å². The summed E-state index contributed by atoms with van der Waals surface area (Å²) in [5, 5.41) is 0. The van der Waals surface area contributed by atoms with E-state index in [-0.39, 0.29) is 12.0 Å². The molecule has 0 radical (unpaired) electrons. The zero-order chi connectivity index (χ0) is 16.3. The molecule has 0 saturated carbocycles. The number of aryl methyl sites for hydroxylation is 1. The van der Waals surface area contributed by atoms with Crippen molar-refractivity contribution >= 4 is 5.91 Å². The second-order valence-corrected chi connectivity index (χ2v) is 6.96. The van der Waals surface area contributed by atoms with E-state index in [4.69, 9.17) is 9.47 Å². The first kappa shape index (κ1) is 16.3. The molecule has 2 saturated heterocycles. The molecule has 4 nitrogen and oxygen atoms in total. The molecule has 23 heavy (non-hydrogen) atoms. The number of ether oxygens (including phenoxy) is 2. The highest BCUT2D eigenvalue weighted by Gasteiger charge is 2.40. The Morgan fingerprint density at radius 1 is 1.22 bits per heavy atom. The van der Waals surface area contributed by atoms with E-state index >= 15 is 0 Å². The van der Waals surface area contributed by atoms with Gasteiger partial charge in [-0.25, -0.2) is 0 Å². The fourth-order valence-corrected chi connectivity index (χ4v) is 3.42. The number of benzene rings is 1. The highest BCUT2D eigenvalue weighted by molar-refractivity contribution is 5.85. The lowest BCUT2D eigenvalue weighted by molar-refractivity contribution is -0.163. The molecule has 0 bridgehead atoms. The Labute approximate surface area is 138 Å². The van der Waals surface area contributed by atoms with Crippen LogP contribution in [0.5, 0.6) is 5.75 Å². The van der Waals surface area contributed by atoms with Crippen molar-refractivity contribution < 1.29 is 14.3 Å². The summed E-state index contributed by atoms with van der Waals surface area (Å²) in [7, 11) is 0. The van der Waals surface area contributed by atoms with Gasteiger partial charge >= 0.3 is 0 Å². The fraction of sp³-hybridized carbons (Fsp3) is 0.632. The first-order valence-corrected chi connectivity index (χ1v) is 8.73. The number of hydrogen-bond donors (Lipinski definition) is 0. The van der Waals surface area contributed by atoms with Crippen LogP contribution in [0.4, 0.5) is 0 Å². The third-order valence-corrected chi connectivity index (χ3v) is 4.97. The standard InChI is InChI=1S/C19H27NO3/c1-15-5-7-16(8-6-15)23-17-9-12-20(13-10-17)18(21)19(2)11-3-4-14-22-19/h5-8,17H,3-4,9-14H2,1-2H3. The van der Waals surface area contributed by atoms with Crippen LogP contribution in [-0.4, -0.2) is 42.2 Å². The molecule has 1 aromatic carbocycles. The molecule has 3 rings (SSSR count). The molecule has 126 valence electrons. The lowest BCUT2D eigenvalue weighted by Crippen LogP contribution is -2.53. The Morgan fingerprint density at radius 2 is 1.91 bits per heavy atom. The average molecular weight is 317 g/mol. The monoisotopic (exact) mass is 317 g/mol. The van der Waals surface area contributed by atoms with E-state index in [1.165, 1.54) is 5.56 Å². The molecule has 0 aliphatic carbocycles. The number of rotatable bonds is 3. The molecule has 0 aromatic heterocycles. The van der Waals surface area contributed by atoms with Gasteiger partial charge in [0.05, 0.1) is 0 Å². The van der Waals surface area contributed by atoms with Gasteiger partial charge < -0.3 is 14.4 Å². The third kappa shape index (κ3) is 3.86. The topological polar surface area (TPSA) is 38.8 Å². The molecule has 4 heteroatoms. The minimum atomic E-state index is -0.608. The summed E-state index contributed by atoms with van der Waals surface area (Å²) in [6.07, 6.45) is 4.95. The molecule has 1 aromatic rings. The lowest BCUT2D eigenvalue weighted by atomic mass is 9.93. The minimum absolute atomic E-state index is 0.158. The Kier molecular flexibility index (Phi) is 4.90. The van der Waals surface area contributed by atoms with Crippen LogP contribution < -0.4 is 4.74 Å². The predicted molar refractivity (Wildman–Crippen MR) is 89.6 cm³/mol. The summed E-state index contributed by atoms with van der Waals surface area (Å²) in [5.74, 6) is 1.08. The van der Waals surface area contributed by atoms with E-state index in [2.05, 4.69) is 19.1 Å². The van der Waals surface area contributed by atoms with Gasteiger partial charge in [-0.15, -0.1) is 0 Å². The molecule has 0 N–H and O–H groups in total. The molecule has 0 spiro atoms. The lowest BCUT2D eigenvalue weighted by Gasteiger charge is -2.40. The molecule has 1 unspecified atom stereocenters. The molecular formula is C19H27NO3. The summed E-state index contributed by atoms with van der Waals surface area (Å²) >= 11 is 0. The molecule has 2 aliphatic rings. The van der Waals surface area contributed by atoms with Gasteiger partial charge in [-0.05, 0) is 45.2 Å². The smallest absolute Gasteiger partial charge is 0.254 e. The molecular weight excluding hydrogens is 290 g/mol. The second-order valence-electron chi connectivity index (χ2n) is 6.96. The average Bonchev–Trinajstić information content (AvgIpc) is 2.58. The van der Waals surface area contributed by atoms with E-state index in [1.807, 2.05) is 24.0 Å². The number of amides is 1. The maximum Gasteiger partial charge on any atom is 0.254 e. The van der Waals surface area contributed by atoms with Crippen LogP contribution in [0.15, 0.2) is 24.3 Å². The Bertz CT molecular complexity index is 526. The quantitative estimate of drug-likeness (QED) is 0.858. The molecule has 2 fully saturated rings. The van der Waals surface area contributed by atoms with Crippen molar-refractivity contribution in [2.45, 2.75) is 57.7 Å². The van der Waals surface area contributed by atoms with Crippen LogP contribution in [0.25, 0.3) is 0 Å². The maximum atomic E-state index is 12.7. The largest absolute Gasteiger partial charge is 0.490 e. The van der Waals surface area contributed by atoms with Gasteiger partial charge in [0, 0.05) is 32.5 Å². The van der Waals surface area contributed by atoms with E-state index in [0.717, 1.165) is 50.9 Å². The number of carbonyl (C=O) groups excluding carboxylic acids is 1. The van der Waals surface area contributed by atoms with Crippen molar-refractivity contribution in [2.75, 3.05) is 19.7 Å². The Balaban J connectivity index is 1.51. The van der Waals surface area contributed by atoms with E-state index in [1.54, 1.807) is 0 Å². The van der Waals surface area contributed by atoms with Crippen molar-refractivity contribution in [3.63, 3.8) is 0 Å². The summed E-state index contributed by atoms with van der Waals surface area (Å²) in [4.78, 5) is 14.7. The van der Waals surface area contributed by atoms with Crippen LogP contribution in [0.1, 0.15) is 44.6 Å². The summed E-state index contributed by atoms with van der Waals surface area (Å²) in [6.45, 7) is 6.24. The van der Waals surface area contributed by atoms with Crippen molar-refractivity contribution in [1.29, 1.82) is 0 Å². The van der Waals surface area contributed by atoms with Gasteiger partial charge in [-0.1, -0.05) is 17.7 Å². The van der Waals surface area contributed by atoms with Gasteiger partial charge in [-0.2, -0.15) is 0 Å². The highest BCUT2D eigenvalue weighted by Crippen LogP contribution is 2.28.